The Hall–Kier alpha value is -2.64. The molecule has 1 aromatic heterocycles. The molecule has 1 aromatic carbocycles. The largest absolute Gasteiger partial charge is 0.321 e. The van der Waals surface area contributed by atoms with Gasteiger partial charge in [0, 0.05) is 17.3 Å². The molecule has 100 valence electrons. The van der Waals surface area contributed by atoms with E-state index in [0.29, 0.717) is 17.8 Å². The number of amides is 1. The third-order valence-corrected chi connectivity index (χ3v) is 2.59. The molecule has 0 bridgehead atoms. The fourth-order valence-corrected chi connectivity index (χ4v) is 1.72. The van der Waals surface area contributed by atoms with E-state index < -0.39 is 0 Å². The van der Waals surface area contributed by atoms with Crippen molar-refractivity contribution in [2.75, 3.05) is 11.9 Å². The van der Waals surface area contributed by atoms with E-state index in [1.807, 2.05) is 19.1 Å². The van der Waals surface area contributed by atoms with Gasteiger partial charge in [0.05, 0.1) is 18.4 Å². The molecule has 2 aromatic rings. The number of aromatic nitrogens is 1. The Morgan fingerprint density at radius 2 is 2.20 bits per heavy atom. The number of benzene rings is 1. The van der Waals surface area contributed by atoms with Crippen LogP contribution in [0.1, 0.15) is 21.5 Å². The maximum atomic E-state index is 12.1. The molecular weight excluding hydrogens is 250 g/mol. The number of nitrogens with zero attached hydrogens (tertiary/aromatic N) is 1. The summed E-state index contributed by atoms with van der Waals surface area (Å²) in [5, 5.41) is 2.81. The Morgan fingerprint density at radius 3 is 2.95 bits per heavy atom. The normalized spacial score (nSPS) is 9.50. The number of carbonyl (C=O) groups is 1. The van der Waals surface area contributed by atoms with Gasteiger partial charge in [-0.25, -0.2) is 0 Å². The van der Waals surface area contributed by atoms with Crippen LogP contribution in [0.5, 0.6) is 0 Å². The molecule has 1 amide bonds. The van der Waals surface area contributed by atoms with Crippen molar-refractivity contribution in [3.63, 3.8) is 0 Å². The van der Waals surface area contributed by atoms with Gasteiger partial charge in [0.15, 0.2) is 0 Å². The summed E-state index contributed by atoms with van der Waals surface area (Å²) >= 11 is 0. The Balaban J connectivity index is 2.17. The first-order valence-electron chi connectivity index (χ1n) is 6.21. The number of anilines is 1. The van der Waals surface area contributed by atoms with Crippen LogP contribution in [0.2, 0.25) is 0 Å². The zero-order valence-corrected chi connectivity index (χ0v) is 11.2. The van der Waals surface area contributed by atoms with E-state index in [9.17, 15) is 4.79 Å². The predicted octanol–water partition coefficient (Wildman–Crippen LogP) is 1.95. The second-order valence-corrected chi connectivity index (χ2v) is 4.29. The number of nitrogens with one attached hydrogen (secondary N) is 1. The second kappa shape index (κ2) is 6.50. The van der Waals surface area contributed by atoms with Crippen molar-refractivity contribution in [3.05, 3.63) is 59.4 Å². The van der Waals surface area contributed by atoms with Gasteiger partial charge in [0.2, 0.25) is 0 Å². The molecule has 1 heterocycles. The predicted molar refractivity (Wildman–Crippen MR) is 79.3 cm³/mol. The monoisotopic (exact) mass is 265 g/mol. The van der Waals surface area contributed by atoms with Gasteiger partial charge in [-0.05, 0) is 36.8 Å². The number of rotatable bonds is 2. The second-order valence-electron chi connectivity index (χ2n) is 4.29. The van der Waals surface area contributed by atoms with Crippen LogP contribution in [0.15, 0.2) is 42.7 Å². The minimum Gasteiger partial charge on any atom is -0.321 e. The summed E-state index contributed by atoms with van der Waals surface area (Å²) in [5.41, 5.74) is 8.32. The first-order chi connectivity index (χ1) is 9.69. The number of aryl methyl sites for hydroxylation is 1. The van der Waals surface area contributed by atoms with E-state index in [1.54, 1.807) is 30.6 Å². The zero-order valence-electron chi connectivity index (χ0n) is 11.2. The highest BCUT2D eigenvalue weighted by Crippen LogP contribution is 2.11. The molecule has 0 aliphatic heterocycles. The molecule has 4 nitrogen and oxygen atoms in total. The van der Waals surface area contributed by atoms with Crippen LogP contribution < -0.4 is 11.1 Å². The first-order valence-corrected chi connectivity index (χ1v) is 6.21. The molecule has 0 fully saturated rings. The van der Waals surface area contributed by atoms with Crippen LogP contribution in [0.4, 0.5) is 5.69 Å². The lowest BCUT2D eigenvalue weighted by Gasteiger charge is -2.05. The van der Waals surface area contributed by atoms with Gasteiger partial charge >= 0.3 is 0 Å². The summed E-state index contributed by atoms with van der Waals surface area (Å²) < 4.78 is 0. The van der Waals surface area contributed by atoms with Crippen molar-refractivity contribution < 1.29 is 4.79 Å². The van der Waals surface area contributed by atoms with E-state index in [1.165, 1.54) is 0 Å². The van der Waals surface area contributed by atoms with Gasteiger partial charge in [-0.2, -0.15) is 0 Å². The van der Waals surface area contributed by atoms with Gasteiger partial charge in [0.25, 0.3) is 5.91 Å². The van der Waals surface area contributed by atoms with Gasteiger partial charge in [-0.3, -0.25) is 9.78 Å². The lowest BCUT2D eigenvalue weighted by molar-refractivity contribution is 0.102. The molecule has 2 rings (SSSR count). The molecule has 3 N–H and O–H groups in total. The Kier molecular flexibility index (Phi) is 4.48. The van der Waals surface area contributed by atoms with Crippen LogP contribution in [-0.2, 0) is 0 Å². The minimum absolute atomic E-state index is 0.186. The van der Waals surface area contributed by atoms with Gasteiger partial charge < -0.3 is 11.1 Å². The average molecular weight is 265 g/mol. The smallest absolute Gasteiger partial charge is 0.255 e. The molecular formula is C16H15N3O. The van der Waals surface area contributed by atoms with Gasteiger partial charge in [-0.15, -0.1) is 0 Å². The third-order valence-electron chi connectivity index (χ3n) is 2.59. The fraction of sp³-hybridized carbons (Fsp3) is 0.125. The molecule has 20 heavy (non-hydrogen) atoms. The number of nitrogens with two attached hydrogens (primary N) is 1. The maximum absolute atomic E-state index is 12.1. The molecule has 0 aliphatic rings. The van der Waals surface area contributed by atoms with Crippen molar-refractivity contribution in [2.24, 2.45) is 5.73 Å². The van der Waals surface area contributed by atoms with E-state index >= 15 is 0 Å². The average Bonchev–Trinajstić information content (AvgIpc) is 2.45. The van der Waals surface area contributed by atoms with Gasteiger partial charge in [0.1, 0.15) is 0 Å². The van der Waals surface area contributed by atoms with Crippen molar-refractivity contribution in [1.82, 2.24) is 4.98 Å². The van der Waals surface area contributed by atoms with Gasteiger partial charge in [-0.1, -0.05) is 17.9 Å². The number of pyridine rings is 1. The van der Waals surface area contributed by atoms with Crippen LogP contribution in [0.3, 0.4) is 0 Å². The highest BCUT2D eigenvalue weighted by Gasteiger charge is 2.06. The Bertz CT molecular complexity index is 683. The molecule has 0 spiro atoms. The Morgan fingerprint density at radius 1 is 1.35 bits per heavy atom. The summed E-state index contributed by atoms with van der Waals surface area (Å²) in [7, 11) is 0. The molecule has 0 saturated carbocycles. The van der Waals surface area contributed by atoms with E-state index in [-0.39, 0.29) is 5.91 Å². The lowest BCUT2D eigenvalue weighted by atomic mass is 10.1. The topological polar surface area (TPSA) is 68.0 Å². The molecule has 0 aliphatic carbocycles. The highest BCUT2D eigenvalue weighted by molar-refractivity contribution is 6.04. The van der Waals surface area contributed by atoms with Crippen molar-refractivity contribution in [3.8, 4) is 11.8 Å². The van der Waals surface area contributed by atoms with Crippen molar-refractivity contribution in [1.29, 1.82) is 0 Å². The maximum Gasteiger partial charge on any atom is 0.255 e. The SMILES string of the molecule is Cc1cncc(NC(=O)c2cccc(C#CCN)c2)c1. The molecule has 0 radical (unpaired) electrons. The van der Waals surface area contributed by atoms with Crippen LogP contribution in [0, 0.1) is 18.8 Å². The summed E-state index contributed by atoms with van der Waals surface area (Å²) in [6.07, 6.45) is 3.35. The number of hydrogen-bond donors (Lipinski definition) is 2. The lowest BCUT2D eigenvalue weighted by Crippen LogP contribution is -2.12. The quantitative estimate of drug-likeness (QED) is 0.815. The fourth-order valence-electron chi connectivity index (χ4n) is 1.72. The third kappa shape index (κ3) is 3.67. The standard InChI is InChI=1S/C16H15N3O/c1-12-8-15(11-18-10-12)19-16(20)14-6-2-4-13(9-14)5-3-7-17/h2,4,6,8-11H,7,17H2,1H3,(H,19,20). The highest BCUT2D eigenvalue weighted by atomic mass is 16.1. The van der Waals surface area contributed by atoms with Crippen LogP contribution in [0.25, 0.3) is 0 Å². The summed E-state index contributed by atoms with van der Waals surface area (Å²) in [4.78, 5) is 16.2. The number of hydrogen-bond acceptors (Lipinski definition) is 3. The zero-order chi connectivity index (χ0) is 14.4. The summed E-state index contributed by atoms with van der Waals surface area (Å²) in [6, 6.07) is 8.98. The van der Waals surface area contributed by atoms with Crippen molar-refractivity contribution in [2.45, 2.75) is 6.92 Å². The molecule has 0 saturated heterocycles. The van der Waals surface area contributed by atoms with Crippen LogP contribution in [-0.4, -0.2) is 17.4 Å². The number of carbonyl (C=O) groups excluding carboxylic acids is 1. The summed E-state index contributed by atoms with van der Waals surface area (Å²) in [6.45, 7) is 2.22. The molecule has 4 heteroatoms. The Labute approximate surface area is 118 Å². The van der Waals surface area contributed by atoms with E-state index in [0.717, 1.165) is 11.1 Å². The minimum atomic E-state index is -0.186. The van der Waals surface area contributed by atoms with Crippen molar-refractivity contribution >= 4 is 11.6 Å². The molecule has 0 unspecified atom stereocenters. The molecule has 0 atom stereocenters. The van der Waals surface area contributed by atoms with E-state index in [4.69, 9.17) is 5.73 Å². The summed E-state index contributed by atoms with van der Waals surface area (Å²) in [5.74, 6) is 5.48. The van der Waals surface area contributed by atoms with E-state index in [2.05, 4.69) is 22.1 Å². The first kappa shape index (κ1) is 13.8. The van der Waals surface area contributed by atoms with Crippen LogP contribution >= 0.6 is 0 Å².